The quantitative estimate of drug-likeness (QED) is 0.670. The maximum Gasteiger partial charge on any atom is 0.323 e. The first-order valence-corrected chi connectivity index (χ1v) is 7.17. The van der Waals surface area contributed by atoms with Crippen molar-refractivity contribution < 1.29 is 13.6 Å². The van der Waals surface area contributed by atoms with Gasteiger partial charge in [-0.3, -0.25) is 5.10 Å². The van der Waals surface area contributed by atoms with Crippen molar-refractivity contribution in [3.05, 3.63) is 65.9 Å². The molecule has 7 heteroatoms. The highest BCUT2D eigenvalue weighted by atomic mass is 19.1. The molecule has 0 saturated heterocycles. The maximum atomic E-state index is 13.4. The lowest BCUT2D eigenvalue weighted by molar-refractivity contribution is 0.262. The highest BCUT2D eigenvalue weighted by Crippen LogP contribution is 2.29. The Labute approximate surface area is 136 Å². The van der Waals surface area contributed by atoms with Crippen LogP contribution >= 0.6 is 0 Å². The molecule has 0 unspecified atom stereocenters. The summed E-state index contributed by atoms with van der Waals surface area (Å²) in [6.45, 7) is 1.73. The summed E-state index contributed by atoms with van der Waals surface area (Å²) in [6, 6.07) is 10.9. The van der Waals surface area contributed by atoms with Gasteiger partial charge in [-0.05, 0) is 37.3 Å². The van der Waals surface area contributed by atoms with Gasteiger partial charge in [0.05, 0.1) is 11.4 Å². The summed E-state index contributed by atoms with van der Waals surface area (Å²) in [7, 11) is 0. The largest absolute Gasteiger partial charge is 0.323 e. The van der Waals surface area contributed by atoms with Crippen LogP contribution in [0.15, 0.2) is 48.5 Å². The first-order chi connectivity index (χ1) is 11.5. The van der Waals surface area contributed by atoms with E-state index in [0.717, 1.165) is 0 Å². The molecule has 0 atom stereocenters. The smallest absolute Gasteiger partial charge is 0.308 e. The van der Waals surface area contributed by atoms with Crippen LogP contribution in [0.25, 0.3) is 11.3 Å². The van der Waals surface area contributed by atoms with E-state index in [1.165, 1.54) is 30.3 Å². The molecule has 3 aromatic rings. The Bertz CT molecular complexity index is 892. The van der Waals surface area contributed by atoms with Crippen molar-refractivity contribution in [3.63, 3.8) is 0 Å². The second-order valence-corrected chi connectivity index (χ2v) is 5.17. The number of aromatic amines is 1. The van der Waals surface area contributed by atoms with Gasteiger partial charge in [0.2, 0.25) is 0 Å². The first-order valence-electron chi connectivity index (χ1n) is 7.17. The molecule has 3 rings (SSSR count). The van der Waals surface area contributed by atoms with Gasteiger partial charge in [-0.15, -0.1) is 0 Å². The van der Waals surface area contributed by atoms with Gasteiger partial charge in [-0.2, -0.15) is 5.10 Å². The predicted octanol–water partition coefficient (Wildman–Crippen LogP) is 4.31. The molecule has 0 bridgehead atoms. The number of anilines is 2. The zero-order valence-electron chi connectivity index (χ0n) is 12.7. The van der Waals surface area contributed by atoms with Gasteiger partial charge in [0.1, 0.15) is 17.3 Å². The lowest BCUT2D eigenvalue weighted by atomic mass is 10.1. The summed E-state index contributed by atoms with van der Waals surface area (Å²) in [5.41, 5.74) is 2.31. The standard InChI is InChI=1S/C17H14F2N4O/c1-10-15(16(23-22-10)11-4-2-5-12(18)8-11)21-17(24)20-14-7-3-6-13(19)9-14/h2-9H,1H3,(H,22,23)(H2,20,21,24). The van der Waals surface area contributed by atoms with Crippen LogP contribution in [-0.2, 0) is 0 Å². The molecule has 0 aliphatic heterocycles. The van der Waals surface area contributed by atoms with Gasteiger partial charge in [-0.1, -0.05) is 18.2 Å². The number of halogens is 2. The third-order valence-electron chi connectivity index (χ3n) is 3.37. The van der Waals surface area contributed by atoms with Crippen molar-refractivity contribution in [3.8, 4) is 11.3 Å². The van der Waals surface area contributed by atoms with E-state index in [1.807, 2.05) is 0 Å². The molecule has 122 valence electrons. The number of urea groups is 1. The first kappa shape index (κ1) is 15.7. The highest BCUT2D eigenvalue weighted by molar-refractivity contribution is 6.02. The van der Waals surface area contributed by atoms with Crippen LogP contribution in [0.5, 0.6) is 0 Å². The molecular weight excluding hydrogens is 314 g/mol. The molecule has 0 saturated carbocycles. The average Bonchev–Trinajstić information content (AvgIpc) is 2.88. The summed E-state index contributed by atoms with van der Waals surface area (Å²) < 4.78 is 26.6. The van der Waals surface area contributed by atoms with E-state index >= 15 is 0 Å². The van der Waals surface area contributed by atoms with Crippen molar-refractivity contribution in [2.75, 3.05) is 10.6 Å². The van der Waals surface area contributed by atoms with Gasteiger partial charge in [-0.25, -0.2) is 13.6 Å². The Morgan fingerprint density at radius 2 is 1.75 bits per heavy atom. The minimum Gasteiger partial charge on any atom is -0.308 e. The van der Waals surface area contributed by atoms with E-state index in [-0.39, 0.29) is 0 Å². The molecule has 0 radical (unpaired) electrons. The molecule has 0 spiro atoms. The molecule has 1 aromatic heterocycles. The average molecular weight is 328 g/mol. The number of aryl methyl sites for hydroxylation is 1. The second kappa shape index (κ2) is 6.49. The van der Waals surface area contributed by atoms with E-state index in [2.05, 4.69) is 20.8 Å². The number of hydrogen-bond acceptors (Lipinski definition) is 2. The minimum atomic E-state index is -0.553. The number of amides is 2. The fourth-order valence-electron chi connectivity index (χ4n) is 2.27. The lowest BCUT2D eigenvalue weighted by Crippen LogP contribution is -2.20. The molecular formula is C17H14F2N4O. The summed E-state index contributed by atoms with van der Waals surface area (Å²) in [4.78, 5) is 12.1. The summed E-state index contributed by atoms with van der Waals surface area (Å²) in [5, 5.41) is 12.1. The number of carbonyl (C=O) groups excluding carboxylic acids is 1. The number of rotatable bonds is 3. The van der Waals surface area contributed by atoms with E-state index < -0.39 is 17.7 Å². The van der Waals surface area contributed by atoms with Crippen molar-refractivity contribution >= 4 is 17.4 Å². The molecule has 0 fully saturated rings. The van der Waals surface area contributed by atoms with Crippen LogP contribution in [0.4, 0.5) is 25.0 Å². The SMILES string of the molecule is Cc1[nH]nc(-c2cccc(F)c2)c1NC(=O)Nc1cccc(F)c1. The number of aromatic nitrogens is 2. The zero-order chi connectivity index (χ0) is 17.1. The predicted molar refractivity (Wildman–Crippen MR) is 87.8 cm³/mol. The van der Waals surface area contributed by atoms with Crippen LogP contribution in [0.2, 0.25) is 0 Å². The molecule has 5 nitrogen and oxygen atoms in total. The molecule has 1 heterocycles. The van der Waals surface area contributed by atoms with Gasteiger partial charge in [0.25, 0.3) is 0 Å². The Morgan fingerprint density at radius 3 is 2.46 bits per heavy atom. The van der Waals surface area contributed by atoms with Gasteiger partial charge in [0.15, 0.2) is 0 Å². The van der Waals surface area contributed by atoms with Crippen molar-refractivity contribution in [2.24, 2.45) is 0 Å². The third-order valence-corrected chi connectivity index (χ3v) is 3.37. The Kier molecular flexibility index (Phi) is 4.24. The number of nitrogens with zero attached hydrogens (tertiary/aromatic N) is 1. The van der Waals surface area contributed by atoms with Gasteiger partial charge >= 0.3 is 6.03 Å². The van der Waals surface area contributed by atoms with E-state index in [4.69, 9.17) is 0 Å². The molecule has 2 aromatic carbocycles. The number of hydrogen-bond donors (Lipinski definition) is 3. The summed E-state index contributed by atoms with van der Waals surface area (Å²) in [5.74, 6) is -0.851. The lowest BCUT2D eigenvalue weighted by Gasteiger charge is -2.09. The fourth-order valence-corrected chi connectivity index (χ4v) is 2.27. The Balaban J connectivity index is 1.82. The van der Waals surface area contributed by atoms with Crippen LogP contribution in [0.1, 0.15) is 5.69 Å². The topological polar surface area (TPSA) is 69.8 Å². The summed E-state index contributed by atoms with van der Waals surface area (Å²) >= 11 is 0. The minimum absolute atomic E-state index is 0.320. The van der Waals surface area contributed by atoms with Crippen molar-refractivity contribution in [2.45, 2.75) is 6.92 Å². The Morgan fingerprint density at radius 1 is 1.04 bits per heavy atom. The number of benzene rings is 2. The van der Waals surface area contributed by atoms with Crippen molar-refractivity contribution in [1.82, 2.24) is 10.2 Å². The number of carbonyl (C=O) groups is 1. The van der Waals surface area contributed by atoms with Crippen LogP contribution in [-0.4, -0.2) is 16.2 Å². The molecule has 0 aliphatic rings. The monoisotopic (exact) mass is 328 g/mol. The van der Waals surface area contributed by atoms with E-state index in [1.54, 1.807) is 25.1 Å². The van der Waals surface area contributed by atoms with Crippen LogP contribution in [0.3, 0.4) is 0 Å². The zero-order valence-corrected chi connectivity index (χ0v) is 12.7. The van der Waals surface area contributed by atoms with Gasteiger partial charge < -0.3 is 10.6 Å². The second-order valence-electron chi connectivity index (χ2n) is 5.17. The van der Waals surface area contributed by atoms with Crippen LogP contribution in [0, 0.1) is 18.6 Å². The Hall–Kier alpha value is -3.22. The molecule has 2 amide bonds. The molecule has 24 heavy (non-hydrogen) atoms. The molecule has 3 N–H and O–H groups in total. The van der Waals surface area contributed by atoms with E-state index in [0.29, 0.717) is 28.3 Å². The van der Waals surface area contributed by atoms with Gasteiger partial charge in [0, 0.05) is 11.3 Å². The molecule has 0 aliphatic carbocycles. The van der Waals surface area contributed by atoms with Crippen molar-refractivity contribution in [1.29, 1.82) is 0 Å². The fraction of sp³-hybridized carbons (Fsp3) is 0.0588. The maximum absolute atomic E-state index is 13.4. The van der Waals surface area contributed by atoms with Crippen LogP contribution < -0.4 is 10.6 Å². The highest BCUT2D eigenvalue weighted by Gasteiger charge is 2.15. The number of H-pyrrole nitrogens is 1. The third kappa shape index (κ3) is 3.40. The van der Waals surface area contributed by atoms with E-state index in [9.17, 15) is 13.6 Å². The summed E-state index contributed by atoms with van der Waals surface area (Å²) in [6.07, 6.45) is 0. The number of nitrogens with one attached hydrogen (secondary N) is 3. The normalized spacial score (nSPS) is 10.5.